The summed E-state index contributed by atoms with van der Waals surface area (Å²) in [6.07, 6.45) is 7.06. The smallest absolute Gasteiger partial charge is 0.233 e. The van der Waals surface area contributed by atoms with Crippen LogP contribution in [0.2, 0.25) is 0 Å². The summed E-state index contributed by atoms with van der Waals surface area (Å²) in [5, 5.41) is 0. The second kappa shape index (κ2) is 5.27. The second-order valence-electron chi connectivity index (χ2n) is 5.56. The minimum Gasteiger partial charge on any atom is -0.330 e. The van der Waals surface area contributed by atoms with Gasteiger partial charge in [-0.3, -0.25) is 9.30 Å². The van der Waals surface area contributed by atoms with E-state index < -0.39 is 0 Å². The Balaban J connectivity index is 1.71. The molecule has 0 spiro atoms. The number of nitrogens with two attached hydrogens (primary N) is 1. The minimum absolute atomic E-state index is 0.615. The van der Waals surface area contributed by atoms with Crippen LogP contribution in [-0.4, -0.2) is 38.9 Å². The number of likely N-dealkylation sites (tertiary alicyclic amines) is 1. The summed E-state index contributed by atoms with van der Waals surface area (Å²) in [4.78, 5) is 11.3. The van der Waals surface area contributed by atoms with Gasteiger partial charge in [0.1, 0.15) is 0 Å². The van der Waals surface area contributed by atoms with Crippen LogP contribution in [0, 0.1) is 11.8 Å². The predicted molar refractivity (Wildman–Crippen MR) is 74.6 cm³/mol. The first-order chi connectivity index (χ1) is 9.26. The lowest BCUT2D eigenvalue weighted by atomic mass is 9.87. The Hall–Kier alpha value is -1.46. The summed E-state index contributed by atoms with van der Waals surface area (Å²) < 4.78 is 1.97. The SMILES string of the molecule is CC1CCN(Cc2cn3cccnc3n2)CC1CN. The lowest BCUT2D eigenvalue weighted by Crippen LogP contribution is -2.42. The summed E-state index contributed by atoms with van der Waals surface area (Å²) in [6, 6.07) is 1.92. The highest BCUT2D eigenvalue weighted by Crippen LogP contribution is 2.23. The quantitative estimate of drug-likeness (QED) is 0.898. The zero-order valence-corrected chi connectivity index (χ0v) is 11.4. The van der Waals surface area contributed by atoms with Crippen molar-refractivity contribution in [3.05, 3.63) is 30.4 Å². The van der Waals surface area contributed by atoms with Gasteiger partial charge in [-0.1, -0.05) is 6.92 Å². The molecule has 3 rings (SSSR count). The van der Waals surface area contributed by atoms with Gasteiger partial charge in [0.05, 0.1) is 5.69 Å². The van der Waals surface area contributed by atoms with Gasteiger partial charge >= 0.3 is 0 Å². The third kappa shape index (κ3) is 2.62. The van der Waals surface area contributed by atoms with E-state index in [1.165, 1.54) is 6.42 Å². The van der Waals surface area contributed by atoms with Crippen LogP contribution < -0.4 is 5.73 Å². The van der Waals surface area contributed by atoms with Crippen LogP contribution in [0.3, 0.4) is 0 Å². The average Bonchev–Trinajstić information content (AvgIpc) is 2.83. The van der Waals surface area contributed by atoms with Gasteiger partial charge in [-0.05, 0) is 37.4 Å². The molecule has 5 nitrogen and oxygen atoms in total. The normalized spacial score (nSPS) is 24.9. The maximum absolute atomic E-state index is 5.85. The van der Waals surface area contributed by atoms with Gasteiger partial charge in [0.15, 0.2) is 0 Å². The lowest BCUT2D eigenvalue weighted by molar-refractivity contribution is 0.125. The molecule has 1 saturated heterocycles. The summed E-state index contributed by atoms with van der Waals surface area (Å²) in [5.74, 6) is 2.13. The number of fused-ring (bicyclic) bond motifs is 1. The Bertz CT molecular complexity index is 517. The molecule has 2 aromatic heterocycles. The number of aromatic nitrogens is 3. The van der Waals surface area contributed by atoms with Crippen molar-refractivity contribution in [2.75, 3.05) is 19.6 Å². The van der Waals surface area contributed by atoms with Gasteiger partial charge in [0.25, 0.3) is 0 Å². The van der Waals surface area contributed by atoms with Crippen LogP contribution >= 0.6 is 0 Å². The van der Waals surface area contributed by atoms with Crippen molar-refractivity contribution in [3.63, 3.8) is 0 Å². The molecule has 1 fully saturated rings. The van der Waals surface area contributed by atoms with Crippen molar-refractivity contribution in [1.29, 1.82) is 0 Å². The number of rotatable bonds is 3. The van der Waals surface area contributed by atoms with Crippen molar-refractivity contribution in [3.8, 4) is 0 Å². The monoisotopic (exact) mass is 259 g/mol. The molecule has 0 bridgehead atoms. The highest BCUT2D eigenvalue weighted by molar-refractivity contribution is 5.29. The van der Waals surface area contributed by atoms with Crippen molar-refractivity contribution in [2.45, 2.75) is 19.9 Å². The van der Waals surface area contributed by atoms with E-state index in [4.69, 9.17) is 5.73 Å². The molecule has 2 unspecified atom stereocenters. The largest absolute Gasteiger partial charge is 0.330 e. The lowest BCUT2D eigenvalue weighted by Gasteiger charge is -2.36. The van der Waals surface area contributed by atoms with Crippen molar-refractivity contribution in [1.82, 2.24) is 19.3 Å². The molecular formula is C14H21N5. The minimum atomic E-state index is 0.615. The molecule has 2 atom stereocenters. The summed E-state index contributed by atoms with van der Waals surface area (Å²) in [6.45, 7) is 6.21. The number of nitrogens with zero attached hydrogens (tertiary/aromatic N) is 4. The highest BCUT2D eigenvalue weighted by Gasteiger charge is 2.25. The number of hydrogen-bond acceptors (Lipinski definition) is 4. The number of piperidine rings is 1. The first-order valence-electron chi connectivity index (χ1n) is 6.97. The van der Waals surface area contributed by atoms with E-state index in [-0.39, 0.29) is 0 Å². The number of hydrogen-bond donors (Lipinski definition) is 1. The number of imidazole rings is 1. The molecule has 0 saturated carbocycles. The third-order valence-corrected chi connectivity index (χ3v) is 4.17. The van der Waals surface area contributed by atoms with E-state index in [0.717, 1.165) is 43.6 Å². The Morgan fingerprint density at radius 1 is 1.47 bits per heavy atom. The van der Waals surface area contributed by atoms with Crippen molar-refractivity contribution in [2.24, 2.45) is 17.6 Å². The van der Waals surface area contributed by atoms with Gasteiger partial charge < -0.3 is 5.73 Å². The Morgan fingerprint density at radius 2 is 2.37 bits per heavy atom. The fourth-order valence-electron chi connectivity index (χ4n) is 2.86. The standard InChI is InChI=1S/C14H21N5/c1-11-3-6-18(8-12(11)7-15)9-13-10-19-5-2-4-16-14(19)17-13/h2,4-5,10-12H,3,6-9,15H2,1H3. The van der Waals surface area contributed by atoms with E-state index in [2.05, 4.69) is 28.0 Å². The fourth-order valence-corrected chi connectivity index (χ4v) is 2.86. The molecule has 0 amide bonds. The van der Waals surface area contributed by atoms with Gasteiger partial charge in [0, 0.05) is 31.7 Å². The van der Waals surface area contributed by atoms with Gasteiger partial charge in [-0.25, -0.2) is 9.97 Å². The molecule has 2 N–H and O–H groups in total. The maximum Gasteiger partial charge on any atom is 0.233 e. The van der Waals surface area contributed by atoms with Crippen LogP contribution in [0.15, 0.2) is 24.7 Å². The summed E-state index contributed by atoms with van der Waals surface area (Å²) >= 11 is 0. The highest BCUT2D eigenvalue weighted by atomic mass is 15.2. The molecule has 0 aromatic carbocycles. The zero-order chi connectivity index (χ0) is 13.2. The predicted octanol–water partition coefficient (Wildman–Crippen LogP) is 1.15. The van der Waals surface area contributed by atoms with E-state index in [0.29, 0.717) is 5.92 Å². The van der Waals surface area contributed by atoms with Crippen LogP contribution in [0.25, 0.3) is 5.78 Å². The van der Waals surface area contributed by atoms with Crippen LogP contribution in [0.5, 0.6) is 0 Å². The summed E-state index contributed by atoms with van der Waals surface area (Å²) in [5.41, 5.74) is 6.94. The molecule has 5 heteroatoms. The average molecular weight is 259 g/mol. The first-order valence-corrected chi connectivity index (χ1v) is 6.97. The second-order valence-corrected chi connectivity index (χ2v) is 5.56. The topological polar surface area (TPSA) is 59.5 Å². The Labute approximate surface area is 113 Å². The molecule has 19 heavy (non-hydrogen) atoms. The third-order valence-electron chi connectivity index (χ3n) is 4.17. The van der Waals surface area contributed by atoms with E-state index in [1.807, 2.05) is 16.7 Å². The molecule has 0 radical (unpaired) electrons. The molecule has 102 valence electrons. The van der Waals surface area contributed by atoms with Crippen LogP contribution in [0.4, 0.5) is 0 Å². The maximum atomic E-state index is 5.85. The first kappa shape index (κ1) is 12.6. The van der Waals surface area contributed by atoms with E-state index >= 15 is 0 Å². The van der Waals surface area contributed by atoms with Gasteiger partial charge in [-0.15, -0.1) is 0 Å². The molecular weight excluding hydrogens is 238 g/mol. The molecule has 3 heterocycles. The summed E-state index contributed by atoms with van der Waals surface area (Å²) in [7, 11) is 0. The van der Waals surface area contributed by atoms with Crippen molar-refractivity contribution < 1.29 is 0 Å². The van der Waals surface area contributed by atoms with Gasteiger partial charge in [-0.2, -0.15) is 0 Å². The zero-order valence-electron chi connectivity index (χ0n) is 11.4. The Morgan fingerprint density at radius 3 is 3.16 bits per heavy atom. The molecule has 1 aliphatic heterocycles. The molecule has 1 aliphatic rings. The molecule has 0 aliphatic carbocycles. The van der Waals surface area contributed by atoms with E-state index in [1.54, 1.807) is 6.20 Å². The van der Waals surface area contributed by atoms with Crippen molar-refractivity contribution >= 4 is 5.78 Å². The molecule has 2 aromatic rings. The fraction of sp³-hybridized carbons (Fsp3) is 0.571. The Kier molecular flexibility index (Phi) is 3.48. The van der Waals surface area contributed by atoms with Gasteiger partial charge in [0.2, 0.25) is 5.78 Å². The van der Waals surface area contributed by atoms with Crippen LogP contribution in [0.1, 0.15) is 19.0 Å². The van der Waals surface area contributed by atoms with Crippen LogP contribution in [-0.2, 0) is 6.54 Å². The van der Waals surface area contributed by atoms with E-state index in [9.17, 15) is 0 Å².